The third kappa shape index (κ3) is 2.55. The van der Waals surface area contributed by atoms with E-state index in [4.69, 9.17) is 4.98 Å². The second-order valence-electron chi connectivity index (χ2n) is 10.5. The molecule has 4 aromatic rings. The summed E-state index contributed by atoms with van der Waals surface area (Å²) in [6, 6.07) is 16.4. The lowest BCUT2D eigenvalue weighted by Crippen LogP contribution is -2.42. The van der Waals surface area contributed by atoms with Crippen LogP contribution in [0.4, 0.5) is 0 Å². The van der Waals surface area contributed by atoms with E-state index < -0.39 is 0 Å². The zero-order valence-corrected chi connectivity index (χ0v) is 18.7. The Hall–Kier alpha value is -2.88. The Bertz CT molecular complexity index is 1290. The summed E-state index contributed by atoms with van der Waals surface area (Å²) in [6.07, 6.45) is 15.7. The van der Waals surface area contributed by atoms with E-state index in [1.807, 2.05) is 18.7 Å². The van der Waals surface area contributed by atoms with Crippen LogP contribution in [0.1, 0.15) is 62.1 Å². The van der Waals surface area contributed by atoms with Gasteiger partial charge in [0.15, 0.2) is 0 Å². The summed E-state index contributed by atoms with van der Waals surface area (Å²) in [5.74, 6) is 2.36. The van der Waals surface area contributed by atoms with Crippen LogP contribution in [0.5, 0.6) is 0 Å². The zero-order valence-electron chi connectivity index (χ0n) is 18.7. The number of aromatic nitrogens is 4. The Balaban J connectivity index is 1.22. The highest BCUT2D eigenvalue weighted by Gasteiger charge is 2.55. The molecule has 0 aliphatic heterocycles. The van der Waals surface area contributed by atoms with Crippen LogP contribution >= 0.6 is 0 Å². The number of imidazole rings is 2. The third-order valence-corrected chi connectivity index (χ3v) is 9.28. The highest BCUT2D eigenvalue weighted by molar-refractivity contribution is 5.75. The van der Waals surface area contributed by atoms with E-state index in [1.54, 1.807) is 11.1 Å². The largest absolute Gasteiger partial charge is 0.327 e. The fourth-order valence-corrected chi connectivity index (χ4v) is 7.80. The molecule has 2 fully saturated rings. The van der Waals surface area contributed by atoms with Crippen LogP contribution in [-0.2, 0) is 6.42 Å². The SMILES string of the molecule is C[C@]12CC[C@@H]3c4ccc(-n5ccnc5)cc4CC[C@H]3[C@@H]1CCC2n1cnc2ccccc21. The average molecular weight is 423 g/mol. The van der Waals surface area contributed by atoms with Gasteiger partial charge in [0.2, 0.25) is 0 Å². The normalized spacial score (nSPS) is 31.3. The molecule has 4 nitrogen and oxygen atoms in total. The number of rotatable bonds is 2. The lowest BCUT2D eigenvalue weighted by atomic mass is 9.55. The predicted octanol–water partition coefficient (Wildman–Crippen LogP) is 6.32. The van der Waals surface area contributed by atoms with Crippen molar-refractivity contribution in [2.45, 2.75) is 57.4 Å². The number of nitrogens with zero attached hydrogens (tertiary/aromatic N) is 4. The smallest absolute Gasteiger partial charge is 0.0991 e. The van der Waals surface area contributed by atoms with Crippen LogP contribution in [0.2, 0.25) is 0 Å². The standard InChI is InChI=1S/C28H30N4/c1-28-13-12-22-21-9-7-20(31-15-14-29-17-31)16-19(21)6-8-23(22)24(28)10-11-27(28)32-18-30-25-4-2-3-5-26(25)32/h2-5,7,9,14-18,22-24,27H,6,8,10-13H2,1H3/t22-,23-,24+,27?,28+/m1/s1. The maximum atomic E-state index is 4.73. The number of hydrogen-bond donors (Lipinski definition) is 0. The van der Waals surface area contributed by atoms with Gasteiger partial charge in [0.1, 0.15) is 0 Å². The van der Waals surface area contributed by atoms with Crippen molar-refractivity contribution in [3.63, 3.8) is 0 Å². The molecule has 4 heteroatoms. The minimum absolute atomic E-state index is 0.374. The molecule has 5 atom stereocenters. The fourth-order valence-electron chi connectivity index (χ4n) is 7.80. The second-order valence-corrected chi connectivity index (χ2v) is 10.5. The summed E-state index contributed by atoms with van der Waals surface area (Å²) in [5.41, 5.74) is 7.25. The van der Waals surface area contributed by atoms with Gasteiger partial charge >= 0.3 is 0 Å². The maximum Gasteiger partial charge on any atom is 0.0991 e. The van der Waals surface area contributed by atoms with Gasteiger partial charge in [0, 0.05) is 24.1 Å². The lowest BCUT2D eigenvalue weighted by molar-refractivity contribution is 0.0332. The van der Waals surface area contributed by atoms with Gasteiger partial charge in [0.05, 0.1) is 23.7 Å². The average Bonchev–Trinajstić information content (AvgIpc) is 3.56. The summed E-state index contributed by atoms with van der Waals surface area (Å²) >= 11 is 0. The number of fused-ring (bicyclic) bond motifs is 6. The van der Waals surface area contributed by atoms with Gasteiger partial charge in [-0.05, 0) is 97.1 Å². The van der Waals surface area contributed by atoms with Gasteiger partial charge in [-0.15, -0.1) is 0 Å². The highest BCUT2D eigenvalue weighted by Crippen LogP contribution is 2.64. The Morgan fingerprint density at radius 3 is 2.84 bits per heavy atom. The highest BCUT2D eigenvalue weighted by atomic mass is 15.1. The summed E-state index contributed by atoms with van der Waals surface area (Å²) < 4.78 is 4.64. The summed E-state index contributed by atoms with van der Waals surface area (Å²) in [7, 11) is 0. The molecule has 3 aliphatic carbocycles. The van der Waals surface area contributed by atoms with Crippen molar-refractivity contribution in [1.82, 2.24) is 19.1 Å². The third-order valence-electron chi connectivity index (χ3n) is 9.28. The topological polar surface area (TPSA) is 35.6 Å². The van der Waals surface area contributed by atoms with Crippen LogP contribution in [-0.4, -0.2) is 19.1 Å². The predicted molar refractivity (Wildman–Crippen MR) is 127 cm³/mol. The van der Waals surface area contributed by atoms with Crippen LogP contribution in [0, 0.1) is 17.3 Å². The Kier molecular flexibility index (Phi) is 3.97. The first kappa shape index (κ1) is 18.7. The summed E-state index contributed by atoms with van der Waals surface area (Å²) in [5, 5.41) is 0. The molecule has 0 amide bonds. The molecule has 162 valence electrons. The first-order chi connectivity index (χ1) is 15.7. The molecule has 32 heavy (non-hydrogen) atoms. The minimum atomic E-state index is 0.374. The molecule has 1 unspecified atom stereocenters. The monoisotopic (exact) mass is 422 g/mol. The van der Waals surface area contributed by atoms with E-state index in [0.717, 1.165) is 23.3 Å². The first-order valence-electron chi connectivity index (χ1n) is 12.2. The van der Waals surface area contributed by atoms with Gasteiger partial charge in [-0.3, -0.25) is 0 Å². The van der Waals surface area contributed by atoms with E-state index in [2.05, 4.69) is 69.8 Å². The van der Waals surface area contributed by atoms with Crippen molar-refractivity contribution in [2.24, 2.45) is 17.3 Å². The fraction of sp³-hybridized carbons (Fsp3) is 0.429. The number of hydrogen-bond acceptors (Lipinski definition) is 2. The van der Waals surface area contributed by atoms with Crippen molar-refractivity contribution in [1.29, 1.82) is 0 Å². The molecule has 0 N–H and O–H groups in total. The molecular weight excluding hydrogens is 392 g/mol. The van der Waals surface area contributed by atoms with E-state index >= 15 is 0 Å². The molecule has 2 heterocycles. The van der Waals surface area contributed by atoms with E-state index in [1.165, 1.54) is 49.7 Å². The van der Waals surface area contributed by atoms with Crippen molar-refractivity contribution in [2.75, 3.05) is 0 Å². The molecule has 3 aliphatic rings. The molecule has 2 aromatic heterocycles. The summed E-state index contributed by atoms with van der Waals surface area (Å²) in [4.78, 5) is 8.95. The second kappa shape index (κ2) is 6.81. The van der Waals surface area contributed by atoms with Gasteiger partial charge in [0.25, 0.3) is 0 Å². The van der Waals surface area contributed by atoms with Crippen LogP contribution < -0.4 is 0 Å². The Morgan fingerprint density at radius 2 is 1.94 bits per heavy atom. The van der Waals surface area contributed by atoms with Crippen molar-refractivity contribution < 1.29 is 0 Å². The quantitative estimate of drug-likeness (QED) is 0.379. The lowest BCUT2D eigenvalue weighted by Gasteiger charge is -2.51. The molecule has 2 saturated carbocycles. The van der Waals surface area contributed by atoms with E-state index in [0.29, 0.717) is 11.5 Å². The molecule has 0 spiro atoms. The van der Waals surface area contributed by atoms with Crippen molar-refractivity contribution in [3.8, 4) is 5.69 Å². The molecule has 0 radical (unpaired) electrons. The van der Waals surface area contributed by atoms with Gasteiger partial charge in [-0.1, -0.05) is 25.1 Å². The molecule has 2 aromatic carbocycles. The maximum absolute atomic E-state index is 4.73. The Morgan fingerprint density at radius 1 is 1.00 bits per heavy atom. The van der Waals surface area contributed by atoms with Crippen LogP contribution in [0.25, 0.3) is 16.7 Å². The number of benzene rings is 2. The van der Waals surface area contributed by atoms with E-state index in [9.17, 15) is 0 Å². The molecule has 0 bridgehead atoms. The first-order valence-corrected chi connectivity index (χ1v) is 12.2. The van der Waals surface area contributed by atoms with Gasteiger partial charge in [-0.2, -0.15) is 0 Å². The molecule has 7 rings (SSSR count). The Labute approximate surface area is 189 Å². The van der Waals surface area contributed by atoms with Gasteiger partial charge in [-0.25, -0.2) is 9.97 Å². The number of para-hydroxylation sites is 2. The van der Waals surface area contributed by atoms with Crippen LogP contribution in [0.15, 0.2) is 67.5 Å². The van der Waals surface area contributed by atoms with Gasteiger partial charge < -0.3 is 9.13 Å². The number of aryl methyl sites for hydroxylation is 1. The zero-order chi connectivity index (χ0) is 21.3. The van der Waals surface area contributed by atoms with E-state index in [-0.39, 0.29) is 0 Å². The minimum Gasteiger partial charge on any atom is -0.327 e. The molecular formula is C28H30N4. The van der Waals surface area contributed by atoms with Crippen LogP contribution in [0.3, 0.4) is 0 Å². The van der Waals surface area contributed by atoms with Crippen molar-refractivity contribution in [3.05, 3.63) is 78.6 Å². The molecule has 0 saturated heterocycles. The summed E-state index contributed by atoms with van der Waals surface area (Å²) in [6.45, 7) is 2.60. The van der Waals surface area contributed by atoms with Crippen molar-refractivity contribution >= 4 is 11.0 Å².